The van der Waals surface area contributed by atoms with Crippen LogP contribution in [0.5, 0.6) is 0 Å². The number of nitrogens with one attached hydrogen (secondary N) is 1. The zero-order valence-electron chi connectivity index (χ0n) is 11.3. The van der Waals surface area contributed by atoms with Crippen LogP contribution in [0.2, 0.25) is 0 Å². The Bertz CT molecular complexity index is 376. The lowest BCUT2D eigenvalue weighted by Gasteiger charge is -2.37. The highest BCUT2D eigenvalue weighted by molar-refractivity contribution is 8.00. The Kier molecular flexibility index (Phi) is 4.62. The number of nitrogens with zero attached hydrogens (tertiary/aromatic N) is 1. The summed E-state index contributed by atoms with van der Waals surface area (Å²) in [6.45, 7) is 7.52. The first-order valence-electron chi connectivity index (χ1n) is 6.72. The van der Waals surface area contributed by atoms with Gasteiger partial charge in [-0.25, -0.2) is 8.42 Å². The Labute approximate surface area is 115 Å². The predicted molar refractivity (Wildman–Crippen MR) is 77.5 cm³/mol. The van der Waals surface area contributed by atoms with Gasteiger partial charge in [0, 0.05) is 23.6 Å². The summed E-state index contributed by atoms with van der Waals surface area (Å²) < 4.78 is 26.6. The molecule has 2 heterocycles. The third kappa shape index (κ3) is 3.85. The van der Waals surface area contributed by atoms with Crippen LogP contribution in [0.4, 0.5) is 0 Å². The summed E-state index contributed by atoms with van der Waals surface area (Å²) in [5.41, 5.74) is 0. The van der Waals surface area contributed by atoms with Crippen molar-refractivity contribution in [1.82, 2.24) is 9.62 Å². The average Bonchev–Trinajstić information content (AvgIpc) is 2.28. The highest BCUT2D eigenvalue weighted by atomic mass is 32.2. The predicted octanol–water partition coefficient (Wildman–Crippen LogP) is 1.14. The van der Waals surface area contributed by atoms with E-state index in [4.69, 9.17) is 0 Å². The maximum atomic E-state index is 12.4. The van der Waals surface area contributed by atoms with Gasteiger partial charge in [0.05, 0.1) is 5.75 Å². The molecule has 0 aromatic heterocycles. The molecule has 2 fully saturated rings. The van der Waals surface area contributed by atoms with Crippen LogP contribution in [-0.2, 0) is 10.0 Å². The number of piperidine rings is 1. The average molecular weight is 292 g/mol. The molecule has 18 heavy (non-hydrogen) atoms. The second kappa shape index (κ2) is 5.69. The van der Waals surface area contributed by atoms with Crippen LogP contribution in [0.3, 0.4) is 0 Å². The van der Waals surface area contributed by atoms with Crippen molar-refractivity contribution < 1.29 is 8.42 Å². The highest BCUT2D eigenvalue weighted by Crippen LogP contribution is 2.31. The lowest BCUT2D eigenvalue weighted by Crippen LogP contribution is -2.48. The monoisotopic (exact) mass is 292 g/mol. The molecule has 106 valence electrons. The lowest BCUT2D eigenvalue weighted by atomic mass is 10.0. The number of rotatable bonds is 3. The van der Waals surface area contributed by atoms with Crippen LogP contribution in [0.15, 0.2) is 0 Å². The van der Waals surface area contributed by atoms with Gasteiger partial charge in [0.15, 0.2) is 0 Å². The van der Waals surface area contributed by atoms with E-state index in [9.17, 15) is 8.42 Å². The van der Waals surface area contributed by atoms with Crippen molar-refractivity contribution in [3.8, 4) is 0 Å². The van der Waals surface area contributed by atoms with Gasteiger partial charge in [0.25, 0.3) is 0 Å². The molecule has 0 radical (unpaired) electrons. The Morgan fingerprint density at radius 2 is 2.00 bits per heavy atom. The van der Waals surface area contributed by atoms with E-state index in [-0.39, 0.29) is 4.75 Å². The number of thioether (sulfide) groups is 1. The fourth-order valence-electron chi connectivity index (χ4n) is 2.66. The van der Waals surface area contributed by atoms with Gasteiger partial charge in [-0.3, -0.25) is 0 Å². The van der Waals surface area contributed by atoms with Gasteiger partial charge in [0.2, 0.25) is 10.0 Å². The standard InChI is InChI=1S/C12H24N2O2S2/c1-12(2)10-14(7-8-17-12)18(15,16)9-11-3-5-13-6-4-11/h11,13H,3-10H2,1-2H3. The molecule has 2 aliphatic heterocycles. The molecule has 1 N–H and O–H groups in total. The van der Waals surface area contributed by atoms with E-state index in [0.717, 1.165) is 31.7 Å². The Balaban J connectivity index is 1.97. The molecule has 2 rings (SSSR count). The normalized spacial score (nSPS) is 27.2. The van der Waals surface area contributed by atoms with Crippen molar-refractivity contribution in [1.29, 1.82) is 0 Å². The molecule has 0 aliphatic carbocycles. The van der Waals surface area contributed by atoms with Crippen molar-refractivity contribution in [2.75, 3.05) is 37.7 Å². The van der Waals surface area contributed by atoms with Crippen LogP contribution in [-0.4, -0.2) is 55.2 Å². The smallest absolute Gasteiger partial charge is 0.214 e. The second-order valence-electron chi connectivity index (χ2n) is 5.91. The molecule has 0 aromatic carbocycles. The maximum Gasteiger partial charge on any atom is 0.214 e. The summed E-state index contributed by atoms with van der Waals surface area (Å²) in [6, 6.07) is 0. The summed E-state index contributed by atoms with van der Waals surface area (Å²) in [6.07, 6.45) is 1.98. The fraction of sp³-hybridized carbons (Fsp3) is 1.00. The maximum absolute atomic E-state index is 12.4. The van der Waals surface area contributed by atoms with Crippen molar-refractivity contribution in [2.24, 2.45) is 5.92 Å². The van der Waals surface area contributed by atoms with Gasteiger partial charge in [-0.15, -0.1) is 0 Å². The molecule has 0 atom stereocenters. The SMILES string of the molecule is CC1(C)CN(S(=O)(=O)CC2CCNCC2)CCS1. The molecule has 0 aromatic rings. The number of hydrogen-bond acceptors (Lipinski definition) is 4. The molecule has 0 unspecified atom stereocenters. The summed E-state index contributed by atoms with van der Waals surface area (Å²) in [4.78, 5) is 0. The molecule has 4 nitrogen and oxygen atoms in total. The molecule has 6 heteroatoms. The van der Waals surface area contributed by atoms with Gasteiger partial charge in [-0.05, 0) is 45.7 Å². The van der Waals surface area contributed by atoms with Crippen LogP contribution in [0.1, 0.15) is 26.7 Å². The summed E-state index contributed by atoms with van der Waals surface area (Å²) in [5, 5.41) is 3.28. The van der Waals surface area contributed by atoms with Gasteiger partial charge >= 0.3 is 0 Å². The third-order valence-electron chi connectivity index (χ3n) is 3.69. The van der Waals surface area contributed by atoms with Crippen molar-refractivity contribution in [2.45, 2.75) is 31.4 Å². The molecule has 0 bridgehead atoms. The highest BCUT2D eigenvalue weighted by Gasteiger charge is 2.35. The van der Waals surface area contributed by atoms with Crippen LogP contribution in [0, 0.1) is 5.92 Å². The summed E-state index contributed by atoms with van der Waals surface area (Å²) in [7, 11) is -3.06. The molecule has 2 saturated heterocycles. The van der Waals surface area contributed by atoms with Crippen LogP contribution < -0.4 is 5.32 Å². The largest absolute Gasteiger partial charge is 0.317 e. The first-order valence-corrected chi connectivity index (χ1v) is 9.31. The second-order valence-corrected chi connectivity index (χ2v) is 9.73. The lowest BCUT2D eigenvalue weighted by molar-refractivity contribution is 0.364. The zero-order chi connectivity index (χ0) is 13.2. The van der Waals surface area contributed by atoms with E-state index in [2.05, 4.69) is 19.2 Å². The van der Waals surface area contributed by atoms with Gasteiger partial charge in [-0.1, -0.05) is 0 Å². The van der Waals surface area contributed by atoms with E-state index in [1.807, 2.05) is 11.8 Å². The third-order valence-corrected chi connectivity index (χ3v) is 6.98. The first-order chi connectivity index (χ1) is 8.39. The topological polar surface area (TPSA) is 49.4 Å². The molecule has 0 amide bonds. The number of sulfonamides is 1. The van der Waals surface area contributed by atoms with E-state index in [0.29, 0.717) is 24.8 Å². The van der Waals surface area contributed by atoms with Gasteiger partial charge < -0.3 is 5.32 Å². The molecular formula is C12H24N2O2S2. The van der Waals surface area contributed by atoms with Gasteiger partial charge in [0.1, 0.15) is 0 Å². The molecule has 0 saturated carbocycles. The van der Waals surface area contributed by atoms with Gasteiger partial charge in [-0.2, -0.15) is 16.1 Å². The van der Waals surface area contributed by atoms with Crippen molar-refractivity contribution in [3.05, 3.63) is 0 Å². The van der Waals surface area contributed by atoms with E-state index in [1.54, 1.807) is 4.31 Å². The minimum Gasteiger partial charge on any atom is -0.317 e. The minimum absolute atomic E-state index is 0.0550. The summed E-state index contributed by atoms with van der Waals surface area (Å²) >= 11 is 1.87. The van der Waals surface area contributed by atoms with E-state index < -0.39 is 10.0 Å². The number of hydrogen-bond donors (Lipinski definition) is 1. The molecule has 0 spiro atoms. The van der Waals surface area contributed by atoms with Crippen molar-refractivity contribution >= 4 is 21.8 Å². The first kappa shape index (κ1) is 14.6. The quantitative estimate of drug-likeness (QED) is 0.847. The van der Waals surface area contributed by atoms with E-state index in [1.165, 1.54) is 0 Å². The Morgan fingerprint density at radius 3 is 2.61 bits per heavy atom. The fourth-order valence-corrected chi connectivity index (χ4v) is 6.00. The minimum atomic E-state index is -3.06. The van der Waals surface area contributed by atoms with Crippen molar-refractivity contribution in [3.63, 3.8) is 0 Å². The molecule has 2 aliphatic rings. The summed E-state index contributed by atoms with van der Waals surface area (Å²) in [5.74, 6) is 1.60. The zero-order valence-corrected chi connectivity index (χ0v) is 12.9. The Morgan fingerprint density at radius 1 is 1.33 bits per heavy atom. The van der Waals surface area contributed by atoms with E-state index >= 15 is 0 Å². The molecular weight excluding hydrogens is 268 g/mol. The van der Waals surface area contributed by atoms with Crippen LogP contribution in [0.25, 0.3) is 0 Å². The Hall–Kier alpha value is 0.220. The van der Waals surface area contributed by atoms with Crippen LogP contribution >= 0.6 is 11.8 Å².